The van der Waals surface area contributed by atoms with Crippen LogP contribution in [0.25, 0.3) is 10.9 Å². The number of aromatic carboxylic acids is 1. The van der Waals surface area contributed by atoms with Crippen molar-refractivity contribution in [2.24, 2.45) is 5.92 Å². The minimum atomic E-state index is -1.39. The molecule has 0 bridgehead atoms. The first-order valence-electron chi connectivity index (χ1n) is 10.7. The largest absolute Gasteiger partial charge is 0.492 e. The Morgan fingerprint density at radius 3 is 2.50 bits per heavy atom. The average molecular weight is 454 g/mol. The Labute approximate surface area is 185 Å². The number of benzene rings is 1. The molecule has 0 amide bonds. The van der Waals surface area contributed by atoms with E-state index in [-0.39, 0.29) is 47.2 Å². The van der Waals surface area contributed by atoms with Crippen molar-refractivity contribution in [1.82, 2.24) is 4.57 Å². The molecule has 0 saturated carbocycles. The number of nitrogens with zero attached hydrogens (tertiary/aromatic N) is 2. The van der Waals surface area contributed by atoms with Gasteiger partial charge in [0.25, 0.3) is 0 Å². The number of carboxylic acid groups (broad SMARTS) is 1. The number of rotatable bonds is 7. The quantitative estimate of drug-likeness (QED) is 0.467. The van der Waals surface area contributed by atoms with E-state index in [1.54, 1.807) is 16.4 Å². The van der Waals surface area contributed by atoms with Gasteiger partial charge in [0.1, 0.15) is 11.3 Å². The Balaban J connectivity index is 0.00000114. The van der Waals surface area contributed by atoms with Crippen molar-refractivity contribution in [1.29, 1.82) is 0 Å². The zero-order valence-corrected chi connectivity index (χ0v) is 18.7. The van der Waals surface area contributed by atoms with E-state index in [0.29, 0.717) is 26.1 Å². The van der Waals surface area contributed by atoms with Crippen molar-refractivity contribution in [2.75, 3.05) is 44.0 Å². The summed E-state index contributed by atoms with van der Waals surface area (Å²) in [6, 6.07) is 0. The molecule has 3 rings (SSSR count). The summed E-state index contributed by atoms with van der Waals surface area (Å²) < 4.78 is 22.5. The van der Waals surface area contributed by atoms with Crippen molar-refractivity contribution in [3.05, 3.63) is 27.8 Å². The second-order valence-electron chi connectivity index (χ2n) is 7.66. The van der Waals surface area contributed by atoms with E-state index in [0.717, 1.165) is 12.8 Å². The molecule has 1 aromatic carbocycles. The van der Waals surface area contributed by atoms with Crippen LogP contribution in [0.3, 0.4) is 0 Å². The van der Waals surface area contributed by atoms with Gasteiger partial charge in [0.2, 0.25) is 5.43 Å². The van der Waals surface area contributed by atoms with Gasteiger partial charge in [0, 0.05) is 45.0 Å². The maximum Gasteiger partial charge on any atom is 0.341 e. The predicted molar refractivity (Wildman–Crippen MR) is 121 cm³/mol. The second-order valence-corrected chi connectivity index (χ2v) is 7.66. The summed E-state index contributed by atoms with van der Waals surface area (Å²) in [7, 11) is 1.38. The molecule has 0 unspecified atom stereocenters. The van der Waals surface area contributed by atoms with Crippen molar-refractivity contribution in [3.8, 4) is 5.75 Å². The summed E-state index contributed by atoms with van der Waals surface area (Å²) in [4.78, 5) is 26.2. The fourth-order valence-corrected chi connectivity index (χ4v) is 3.93. The molecule has 1 fully saturated rings. The van der Waals surface area contributed by atoms with Crippen LogP contribution in [0.2, 0.25) is 0 Å². The molecule has 1 aliphatic rings. The van der Waals surface area contributed by atoms with Gasteiger partial charge in [-0.25, -0.2) is 9.18 Å². The summed E-state index contributed by atoms with van der Waals surface area (Å²) in [5.74, 6) is -2.05. The summed E-state index contributed by atoms with van der Waals surface area (Å²) >= 11 is 0. The van der Waals surface area contributed by atoms with Crippen LogP contribution in [0.1, 0.15) is 43.5 Å². The number of aryl methyl sites for hydroxylation is 1. The number of fused-ring (bicyclic) bond motifs is 1. The fourth-order valence-electron chi connectivity index (χ4n) is 3.93. The van der Waals surface area contributed by atoms with Gasteiger partial charge >= 0.3 is 5.97 Å². The third-order valence-corrected chi connectivity index (χ3v) is 5.47. The van der Waals surface area contributed by atoms with Crippen molar-refractivity contribution >= 4 is 28.2 Å². The van der Waals surface area contributed by atoms with Gasteiger partial charge in [-0.2, -0.15) is 0 Å². The van der Waals surface area contributed by atoms with Crippen LogP contribution < -0.4 is 20.8 Å². The first-order chi connectivity index (χ1) is 15.3. The molecule has 2 aromatic rings. The maximum absolute atomic E-state index is 15.4. The van der Waals surface area contributed by atoms with Gasteiger partial charge in [0.05, 0.1) is 23.7 Å². The first-order valence-corrected chi connectivity index (χ1v) is 10.7. The van der Waals surface area contributed by atoms with E-state index >= 15 is 4.39 Å². The number of aliphatic hydroxyl groups excluding tert-OH is 2. The van der Waals surface area contributed by atoms with Crippen molar-refractivity contribution < 1.29 is 29.2 Å². The SMILES string of the molecule is CCCCn1cc(C(=O)O)c(=O)c2c(N)c(F)c(N3CC[C@@H](CO)C3)c(OC)c21.CCO. The van der Waals surface area contributed by atoms with Crippen molar-refractivity contribution in [2.45, 2.75) is 39.7 Å². The number of pyridine rings is 1. The topological polar surface area (TPSA) is 138 Å². The highest BCUT2D eigenvalue weighted by molar-refractivity contribution is 6.03. The number of unbranched alkanes of at least 4 members (excludes halogenated alkanes) is 1. The highest BCUT2D eigenvalue weighted by atomic mass is 19.1. The number of nitrogens with two attached hydrogens (primary N) is 1. The molecule has 1 aliphatic heterocycles. The third-order valence-electron chi connectivity index (χ3n) is 5.47. The molecule has 1 atom stereocenters. The smallest absolute Gasteiger partial charge is 0.341 e. The molecule has 5 N–H and O–H groups in total. The third kappa shape index (κ3) is 4.81. The van der Waals surface area contributed by atoms with E-state index in [9.17, 15) is 19.8 Å². The minimum absolute atomic E-state index is 0.00713. The van der Waals surface area contributed by atoms with Crippen LogP contribution in [0.15, 0.2) is 11.0 Å². The van der Waals surface area contributed by atoms with Gasteiger partial charge in [0.15, 0.2) is 11.6 Å². The number of carbonyl (C=O) groups is 1. The standard InChI is InChI=1S/C20H26FN3O5.C2H6O/c1-3-4-6-23-9-12(20(27)28)18(26)13-15(22)14(21)17(19(29-2)16(13)23)24-7-5-11(8-24)10-25;1-2-3/h9,11,25H,3-8,10,22H2,1-2H3,(H,27,28);3H,2H2,1H3/t11-;/m1./s1. The van der Waals surface area contributed by atoms with Crippen LogP contribution in [-0.4, -0.2) is 59.3 Å². The molecular formula is C22H32FN3O6. The van der Waals surface area contributed by atoms with E-state index < -0.39 is 22.8 Å². The number of anilines is 2. The normalized spacial score (nSPS) is 15.6. The Hall–Kier alpha value is -2.85. The molecule has 32 heavy (non-hydrogen) atoms. The van der Waals surface area contributed by atoms with E-state index in [2.05, 4.69) is 0 Å². The van der Waals surface area contributed by atoms with E-state index in [4.69, 9.17) is 15.6 Å². The highest BCUT2D eigenvalue weighted by Crippen LogP contribution is 2.43. The number of hydrogen-bond acceptors (Lipinski definition) is 7. The molecule has 0 spiro atoms. The van der Waals surface area contributed by atoms with Gasteiger partial charge in [-0.15, -0.1) is 0 Å². The summed E-state index contributed by atoms with van der Waals surface area (Å²) in [6.45, 7) is 5.27. The first kappa shape index (κ1) is 25.4. The fraction of sp³-hybridized carbons (Fsp3) is 0.545. The summed E-state index contributed by atoms with van der Waals surface area (Å²) in [5.41, 5.74) is 4.77. The lowest BCUT2D eigenvalue weighted by molar-refractivity contribution is 0.0694. The Kier molecular flexibility index (Phi) is 8.85. The molecule has 178 valence electrons. The average Bonchev–Trinajstić information content (AvgIpc) is 3.24. The number of nitrogen functional groups attached to an aromatic ring is 1. The number of hydrogen-bond donors (Lipinski definition) is 4. The number of halogens is 1. The Morgan fingerprint density at radius 2 is 2.00 bits per heavy atom. The molecule has 1 saturated heterocycles. The van der Waals surface area contributed by atoms with Gasteiger partial charge in [-0.1, -0.05) is 13.3 Å². The molecule has 2 heterocycles. The van der Waals surface area contributed by atoms with Crippen LogP contribution in [-0.2, 0) is 6.54 Å². The maximum atomic E-state index is 15.4. The number of methoxy groups -OCH3 is 1. The minimum Gasteiger partial charge on any atom is -0.492 e. The molecular weight excluding hydrogens is 421 g/mol. The number of aromatic nitrogens is 1. The number of carboxylic acids is 1. The lowest BCUT2D eigenvalue weighted by atomic mass is 10.1. The lowest BCUT2D eigenvalue weighted by Crippen LogP contribution is -2.26. The number of ether oxygens (including phenoxy) is 1. The lowest BCUT2D eigenvalue weighted by Gasteiger charge is -2.25. The Morgan fingerprint density at radius 1 is 1.34 bits per heavy atom. The van der Waals surface area contributed by atoms with Crippen LogP contribution in [0, 0.1) is 11.7 Å². The zero-order valence-electron chi connectivity index (χ0n) is 18.7. The van der Waals surface area contributed by atoms with Gasteiger partial charge in [-0.05, 0) is 19.8 Å². The molecule has 10 heteroatoms. The second kappa shape index (κ2) is 11.1. The van der Waals surface area contributed by atoms with Gasteiger partial charge < -0.3 is 35.3 Å². The van der Waals surface area contributed by atoms with E-state index in [1.807, 2.05) is 6.92 Å². The molecule has 0 aliphatic carbocycles. The molecule has 0 radical (unpaired) electrons. The summed E-state index contributed by atoms with van der Waals surface area (Å²) in [5, 5.41) is 26.3. The predicted octanol–water partition coefficient (Wildman–Crippen LogP) is 2.05. The zero-order chi connectivity index (χ0) is 24.0. The van der Waals surface area contributed by atoms with E-state index in [1.165, 1.54) is 13.3 Å². The number of aliphatic hydroxyl groups is 2. The molecule has 9 nitrogen and oxygen atoms in total. The van der Waals surface area contributed by atoms with Crippen molar-refractivity contribution in [3.63, 3.8) is 0 Å². The van der Waals surface area contributed by atoms with Crippen LogP contribution in [0.4, 0.5) is 15.8 Å². The van der Waals surface area contributed by atoms with Crippen LogP contribution >= 0.6 is 0 Å². The van der Waals surface area contributed by atoms with Crippen LogP contribution in [0.5, 0.6) is 5.75 Å². The Bertz CT molecular complexity index is 1020. The summed E-state index contributed by atoms with van der Waals surface area (Å²) in [6.07, 6.45) is 3.53. The highest BCUT2D eigenvalue weighted by Gasteiger charge is 2.32. The molecule has 1 aromatic heterocycles. The monoisotopic (exact) mass is 453 g/mol. The van der Waals surface area contributed by atoms with Gasteiger partial charge in [-0.3, -0.25) is 4.79 Å².